The Labute approximate surface area is 121 Å². The number of hydrogen-bond donors (Lipinski definition) is 1. The Kier molecular flexibility index (Phi) is 4.85. The van der Waals surface area contributed by atoms with Crippen molar-refractivity contribution in [3.63, 3.8) is 0 Å². The molecule has 0 heterocycles. The van der Waals surface area contributed by atoms with Gasteiger partial charge in [-0.15, -0.1) is 0 Å². The summed E-state index contributed by atoms with van der Waals surface area (Å²) in [5.74, 6) is -1.54. The third kappa shape index (κ3) is 3.76. The zero-order chi connectivity index (χ0) is 15.4. The third-order valence-corrected chi connectivity index (χ3v) is 3.29. The van der Waals surface area contributed by atoms with Gasteiger partial charge in [0.1, 0.15) is 11.6 Å². The van der Waals surface area contributed by atoms with Crippen LogP contribution in [0.3, 0.4) is 0 Å². The average Bonchev–Trinajstić information content (AvgIpc) is 2.44. The van der Waals surface area contributed by atoms with Gasteiger partial charge in [0.25, 0.3) is 0 Å². The van der Waals surface area contributed by atoms with E-state index in [9.17, 15) is 13.2 Å². The quantitative estimate of drug-likeness (QED) is 0.909. The molecule has 0 aliphatic heterocycles. The monoisotopic (exact) mass is 295 g/mol. The molecular weight excluding hydrogens is 279 g/mol. The Morgan fingerprint density at radius 2 is 1.71 bits per heavy atom. The minimum atomic E-state index is -0.614. The highest BCUT2D eigenvalue weighted by Crippen LogP contribution is 2.25. The van der Waals surface area contributed by atoms with Crippen LogP contribution < -0.4 is 10.1 Å². The van der Waals surface area contributed by atoms with Crippen molar-refractivity contribution in [2.24, 2.45) is 0 Å². The maximum Gasteiger partial charge on any atom is 0.165 e. The Hall–Kier alpha value is -2.01. The lowest BCUT2D eigenvalue weighted by atomic mass is 9.98. The van der Waals surface area contributed by atoms with Gasteiger partial charge in [0, 0.05) is 12.1 Å². The number of benzene rings is 2. The molecule has 0 bridgehead atoms. The zero-order valence-electron chi connectivity index (χ0n) is 11.8. The van der Waals surface area contributed by atoms with Crippen molar-refractivity contribution in [1.29, 1.82) is 0 Å². The van der Waals surface area contributed by atoms with Crippen molar-refractivity contribution in [2.75, 3.05) is 14.2 Å². The molecule has 1 atom stereocenters. The number of ether oxygens (including phenoxy) is 1. The summed E-state index contributed by atoms with van der Waals surface area (Å²) in [6.45, 7) is 0. The summed E-state index contributed by atoms with van der Waals surface area (Å²) < 4.78 is 44.8. The van der Waals surface area contributed by atoms with Gasteiger partial charge in [-0.25, -0.2) is 13.2 Å². The number of nitrogens with one attached hydrogen (secondary N) is 1. The molecule has 0 radical (unpaired) electrons. The van der Waals surface area contributed by atoms with Crippen molar-refractivity contribution < 1.29 is 17.9 Å². The van der Waals surface area contributed by atoms with Crippen LogP contribution in [0.25, 0.3) is 0 Å². The van der Waals surface area contributed by atoms with Gasteiger partial charge >= 0.3 is 0 Å². The van der Waals surface area contributed by atoms with Gasteiger partial charge < -0.3 is 10.1 Å². The molecule has 0 amide bonds. The maximum absolute atomic E-state index is 13.4. The Bertz CT molecular complexity index is 611. The molecule has 0 aromatic heterocycles. The predicted octanol–water partition coefficient (Wildman–Crippen LogP) is 3.62. The van der Waals surface area contributed by atoms with Crippen LogP contribution in [0.2, 0.25) is 0 Å². The molecule has 0 aliphatic rings. The van der Waals surface area contributed by atoms with Gasteiger partial charge in [-0.05, 0) is 48.9 Å². The largest absolute Gasteiger partial charge is 0.494 e. The molecule has 1 unspecified atom stereocenters. The molecule has 0 fully saturated rings. The van der Waals surface area contributed by atoms with E-state index in [1.807, 2.05) is 0 Å². The molecule has 0 saturated heterocycles. The van der Waals surface area contributed by atoms with Crippen LogP contribution in [0.5, 0.6) is 5.75 Å². The van der Waals surface area contributed by atoms with E-state index in [0.29, 0.717) is 12.0 Å². The summed E-state index contributed by atoms with van der Waals surface area (Å²) in [5, 5.41) is 3.05. The van der Waals surface area contributed by atoms with Crippen LogP contribution in [0, 0.1) is 17.5 Å². The Balaban J connectivity index is 2.27. The first-order chi connectivity index (χ1) is 10.0. The molecule has 1 N–H and O–H groups in total. The SMILES string of the molecule is CNC(Cc1cc(F)cc(F)c1)c1ccc(F)c(OC)c1. The lowest BCUT2D eigenvalue weighted by molar-refractivity contribution is 0.385. The van der Waals surface area contributed by atoms with E-state index in [0.717, 1.165) is 11.6 Å². The van der Waals surface area contributed by atoms with Gasteiger partial charge in [0.15, 0.2) is 11.6 Å². The van der Waals surface area contributed by atoms with Crippen LogP contribution in [0.1, 0.15) is 17.2 Å². The second-order valence-electron chi connectivity index (χ2n) is 4.72. The predicted molar refractivity (Wildman–Crippen MR) is 74.8 cm³/mol. The van der Waals surface area contributed by atoms with Crippen molar-refractivity contribution >= 4 is 0 Å². The van der Waals surface area contributed by atoms with Crippen LogP contribution >= 0.6 is 0 Å². The smallest absolute Gasteiger partial charge is 0.165 e. The van der Waals surface area contributed by atoms with Crippen molar-refractivity contribution in [3.05, 3.63) is 65.0 Å². The first-order valence-corrected chi connectivity index (χ1v) is 6.49. The molecule has 0 spiro atoms. The molecule has 0 aliphatic carbocycles. The zero-order valence-corrected chi connectivity index (χ0v) is 11.8. The van der Waals surface area contributed by atoms with E-state index in [1.54, 1.807) is 19.2 Å². The lowest BCUT2D eigenvalue weighted by Crippen LogP contribution is -2.19. The van der Waals surface area contributed by atoms with Gasteiger partial charge in [-0.3, -0.25) is 0 Å². The molecule has 5 heteroatoms. The van der Waals surface area contributed by atoms with Crippen LogP contribution in [-0.2, 0) is 6.42 Å². The molecule has 2 aromatic rings. The third-order valence-electron chi connectivity index (χ3n) is 3.29. The fraction of sp³-hybridized carbons (Fsp3) is 0.250. The van der Waals surface area contributed by atoms with Gasteiger partial charge in [0.05, 0.1) is 7.11 Å². The molecule has 0 saturated carbocycles. The Morgan fingerprint density at radius 3 is 2.29 bits per heavy atom. The average molecular weight is 295 g/mol. The topological polar surface area (TPSA) is 21.3 Å². The Morgan fingerprint density at radius 1 is 1.05 bits per heavy atom. The molecule has 112 valence electrons. The van der Waals surface area contributed by atoms with Gasteiger partial charge in [-0.1, -0.05) is 6.07 Å². The minimum absolute atomic E-state index is 0.137. The van der Waals surface area contributed by atoms with Gasteiger partial charge in [0.2, 0.25) is 0 Å². The summed E-state index contributed by atoms with van der Waals surface area (Å²) >= 11 is 0. The molecule has 2 nitrogen and oxygen atoms in total. The summed E-state index contributed by atoms with van der Waals surface area (Å²) in [7, 11) is 3.12. The standard InChI is InChI=1S/C16H16F3NO/c1-20-15(7-10-5-12(17)9-13(18)6-10)11-3-4-14(19)16(8-11)21-2/h3-6,8-9,15,20H,7H2,1-2H3. The second kappa shape index (κ2) is 6.63. The van der Waals surface area contributed by atoms with Crippen LogP contribution in [-0.4, -0.2) is 14.2 Å². The number of hydrogen-bond acceptors (Lipinski definition) is 2. The lowest BCUT2D eigenvalue weighted by Gasteiger charge is -2.18. The van der Waals surface area contributed by atoms with E-state index in [2.05, 4.69) is 5.32 Å². The first kappa shape index (κ1) is 15.4. The highest BCUT2D eigenvalue weighted by atomic mass is 19.1. The fourth-order valence-corrected chi connectivity index (χ4v) is 2.24. The van der Waals surface area contributed by atoms with E-state index >= 15 is 0 Å². The number of halogens is 3. The summed E-state index contributed by atoms with van der Waals surface area (Å²) in [5.41, 5.74) is 1.30. The van der Waals surface area contributed by atoms with E-state index in [-0.39, 0.29) is 11.8 Å². The van der Waals surface area contributed by atoms with Crippen LogP contribution in [0.4, 0.5) is 13.2 Å². The number of rotatable bonds is 5. The van der Waals surface area contributed by atoms with Crippen molar-refractivity contribution in [2.45, 2.75) is 12.5 Å². The fourth-order valence-electron chi connectivity index (χ4n) is 2.24. The molecule has 2 aromatic carbocycles. The van der Waals surface area contributed by atoms with Gasteiger partial charge in [-0.2, -0.15) is 0 Å². The van der Waals surface area contributed by atoms with E-state index in [1.165, 1.54) is 25.3 Å². The number of likely N-dealkylation sites (N-methyl/N-ethyl adjacent to an activating group) is 1. The first-order valence-electron chi connectivity index (χ1n) is 6.49. The molecule has 21 heavy (non-hydrogen) atoms. The maximum atomic E-state index is 13.4. The number of methoxy groups -OCH3 is 1. The summed E-state index contributed by atoms with van der Waals surface area (Å²) in [6.07, 6.45) is 0.375. The van der Waals surface area contributed by atoms with E-state index in [4.69, 9.17) is 4.74 Å². The summed E-state index contributed by atoms with van der Waals surface area (Å²) in [6, 6.07) is 7.70. The second-order valence-corrected chi connectivity index (χ2v) is 4.72. The van der Waals surface area contributed by atoms with Crippen molar-refractivity contribution in [3.8, 4) is 5.75 Å². The van der Waals surface area contributed by atoms with E-state index < -0.39 is 17.5 Å². The van der Waals surface area contributed by atoms with Crippen molar-refractivity contribution in [1.82, 2.24) is 5.32 Å². The highest BCUT2D eigenvalue weighted by Gasteiger charge is 2.14. The molecule has 2 rings (SSSR count). The summed E-state index contributed by atoms with van der Waals surface area (Å²) in [4.78, 5) is 0. The minimum Gasteiger partial charge on any atom is -0.494 e. The highest BCUT2D eigenvalue weighted by molar-refractivity contribution is 5.33. The van der Waals surface area contributed by atoms with Crippen LogP contribution in [0.15, 0.2) is 36.4 Å². The molecular formula is C16H16F3NO. The normalized spacial score (nSPS) is 12.2.